The van der Waals surface area contributed by atoms with Crippen LogP contribution in [-0.4, -0.2) is 54.5 Å². The minimum Gasteiger partial charge on any atom is -0.497 e. The van der Waals surface area contributed by atoms with Crippen molar-refractivity contribution in [1.29, 1.82) is 0 Å². The summed E-state index contributed by atoms with van der Waals surface area (Å²) in [6, 6.07) is 13.3. The Morgan fingerprint density at radius 3 is 2.70 bits per heavy atom. The Bertz CT molecular complexity index is 1120. The van der Waals surface area contributed by atoms with E-state index in [4.69, 9.17) is 9.47 Å². The summed E-state index contributed by atoms with van der Waals surface area (Å²) in [5, 5.41) is 3.98. The molecule has 5 rings (SSSR count). The van der Waals surface area contributed by atoms with E-state index in [1.165, 1.54) is 16.2 Å². The summed E-state index contributed by atoms with van der Waals surface area (Å²) in [5.41, 5.74) is 1.14. The second-order valence-corrected chi connectivity index (χ2v) is 10.2. The first-order valence-electron chi connectivity index (χ1n) is 11.1. The van der Waals surface area contributed by atoms with Crippen LogP contribution in [-0.2, 0) is 11.2 Å². The van der Waals surface area contributed by atoms with Gasteiger partial charge in [0.15, 0.2) is 0 Å². The lowest BCUT2D eigenvalue weighted by Gasteiger charge is -2.37. The van der Waals surface area contributed by atoms with Gasteiger partial charge in [-0.15, -0.1) is 22.7 Å². The van der Waals surface area contributed by atoms with Crippen LogP contribution in [0.5, 0.6) is 11.5 Å². The number of carbonyl (C=O) groups is 2. The number of nitrogens with zero attached hydrogens (tertiary/aromatic N) is 2. The summed E-state index contributed by atoms with van der Waals surface area (Å²) >= 11 is 3.15. The molecule has 1 atom stereocenters. The highest BCUT2D eigenvalue weighted by Crippen LogP contribution is 2.35. The molecule has 1 aliphatic carbocycles. The maximum absolute atomic E-state index is 13.5. The van der Waals surface area contributed by atoms with E-state index in [2.05, 4.69) is 11.4 Å². The highest BCUT2D eigenvalue weighted by molar-refractivity contribution is 7.12. The Morgan fingerprint density at radius 1 is 1.09 bits per heavy atom. The van der Waals surface area contributed by atoms with Crippen molar-refractivity contribution in [2.75, 3.05) is 26.8 Å². The van der Waals surface area contributed by atoms with E-state index in [1.54, 1.807) is 23.3 Å². The first kappa shape index (κ1) is 22.0. The van der Waals surface area contributed by atoms with E-state index in [-0.39, 0.29) is 30.4 Å². The van der Waals surface area contributed by atoms with Crippen molar-refractivity contribution < 1.29 is 19.1 Å². The largest absolute Gasteiger partial charge is 0.497 e. The van der Waals surface area contributed by atoms with Crippen molar-refractivity contribution >= 4 is 34.5 Å². The highest BCUT2D eigenvalue weighted by Gasteiger charge is 2.38. The van der Waals surface area contributed by atoms with Gasteiger partial charge in [0.25, 0.3) is 5.91 Å². The maximum atomic E-state index is 13.5. The standard InChI is InChI=1S/C25H26N2O4S2/c1-30-18-4-2-5-19(14-18)31-16-21-20-10-13-33-22(20)9-11-26(21)24(28)15-27(17-7-8-17)25(29)23-6-3-12-32-23/h2-6,10,12-14,17,21H,7-9,11,15-16H2,1H3/t21-/m1/s1. The van der Waals surface area contributed by atoms with Crippen LogP contribution in [0.2, 0.25) is 0 Å². The quantitative estimate of drug-likeness (QED) is 0.470. The molecule has 3 aromatic rings. The first-order valence-corrected chi connectivity index (χ1v) is 12.9. The van der Waals surface area contributed by atoms with Gasteiger partial charge in [0, 0.05) is 23.5 Å². The van der Waals surface area contributed by atoms with Crippen molar-refractivity contribution in [2.45, 2.75) is 31.3 Å². The molecule has 2 aliphatic rings. The molecule has 0 saturated heterocycles. The molecule has 1 aliphatic heterocycles. The summed E-state index contributed by atoms with van der Waals surface area (Å²) in [7, 11) is 1.63. The number of carbonyl (C=O) groups excluding carboxylic acids is 2. The van der Waals surface area contributed by atoms with Crippen molar-refractivity contribution in [2.24, 2.45) is 0 Å². The Kier molecular flexibility index (Phi) is 6.37. The Labute approximate surface area is 201 Å². The molecule has 0 unspecified atom stereocenters. The zero-order valence-corrected chi connectivity index (χ0v) is 20.1. The first-order chi connectivity index (χ1) is 16.1. The van der Waals surface area contributed by atoms with Gasteiger partial charge in [0.2, 0.25) is 5.91 Å². The number of methoxy groups -OCH3 is 1. The van der Waals surface area contributed by atoms with Gasteiger partial charge in [0.1, 0.15) is 24.7 Å². The van der Waals surface area contributed by atoms with Crippen LogP contribution >= 0.6 is 22.7 Å². The van der Waals surface area contributed by atoms with Crippen molar-refractivity contribution in [1.82, 2.24) is 9.80 Å². The normalized spacial score (nSPS) is 17.4. The van der Waals surface area contributed by atoms with Crippen LogP contribution in [0, 0.1) is 0 Å². The van der Waals surface area contributed by atoms with E-state index in [9.17, 15) is 9.59 Å². The van der Waals surface area contributed by atoms with Gasteiger partial charge in [-0.2, -0.15) is 0 Å². The number of fused-ring (bicyclic) bond motifs is 1. The average molecular weight is 483 g/mol. The fourth-order valence-electron chi connectivity index (χ4n) is 4.27. The number of amides is 2. The molecule has 8 heteroatoms. The molecular formula is C25H26N2O4S2. The van der Waals surface area contributed by atoms with Crippen LogP contribution in [0.25, 0.3) is 0 Å². The van der Waals surface area contributed by atoms with Gasteiger partial charge in [0.05, 0.1) is 18.0 Å². The molecule has 2 amide bonds. The molecule has 1 saturated carbocycles. The van der Waals surface area contributed by atoms with Crippen LogP contribution in [0.3, 0.4) is 0 Å². The number of benzene rings is 1. The van der Waals surface area contributed by atoms with Crippen molar-refractivity contribution in [3.63, 3.8) is 0 Å². The smallest absolute Gasteiger partial charge is 0.264 e. The molecule has 0 spiro atoms. The summed E-state index contributed by atoms with van der Waals surface area (Å²) in [4.78, 5) is 32.2. The van der Waals surface area contributed by atoms with E-state index < -0.39 is 0 Å². The molecule has 6 nitrogen and oxygen atoms in total. The molecule has 0 radical (unpaired) electrons. The number of rotatable bonds is 8. The highest BCUT2D eigenvalue weighted by atomic mass is 32.1. The zero-order chi connectivity index (χ0) is 22.8. The third-order valence-electron chi connectivity index (χ3n) is 6.15. The number of hydrogen-bond donors (Lipinski definition) is 0. The lowest BCUT2D eigenvalue weighted by Crippen LogP contribution is -2.48. The Hall–Kier alpha value is -2.84. The van der Waals surface area contributed by atoms with Gasteiger partial charge in [-0.3, -0.25) is 9.59 Å². The lowest BCUT2D eigenvalue weighted by molar-refractivity contribution is -0.135. The Balaban J connectivity index is 1.33. The molecule has 1 fully saturated rings. The van der Waals surface area contributed by atoms with Crippen LogP contribution < -0.4 is 9.47 Å². The number of hydrogen-bond acceptors (Lipinski definition) is 6. The topological polar surface area (TPSA) is 59.1 Å². The maximum Gasteiger partial charge on any atom is 0.264 e. The summed E-state index contributed by atoms with van der Waals surface area (Å²) in [6.45, 7) is 1.09. The lowest BCUT2D eigenvalue weighted by atomic mass is 10.0. The van der Waals surface area contributed by atoms with Gasteiger partial charge in [-0.05, 0) is 59.9 Å². The second kappa shape index (κ2) is 9.57. The summed E-state index contributed by atoms with van der Waals surface area (Å²) < 4.78 is 11.4. The van der Waals surface area contributed by atoms with Gasteiger partial charge in [-0.25, -0.2) is 0 Å². The number of thiophene rings is 2. The van der Waals surface area contributed by atoms with Crippen molar-refractivity contribution in [3.05, 3.63) is 68.5 Å². The molecule has 0 bridgehead atoms. The molecule has 0 N–H and O–H groups in total. The second-order valence-electron chi connectivity index (χ2n) is 8.28. The van der Waals surface area contributed by atoms with Gasteiger partial charge >= 0.3 is 0 Å². The van der Waals surface area contributed by atoms with Gasteiger partial charge < -0.3 is 19.3 Å². The van der Waals surface area contributed by atoms with Crippen LogP contribution in [0.4, 0.5) is 0 Å². The molecule has 33 heavy (non-hydrogen) atoms. The fraction of sp³-hybridized carbons (Fsp3) is 0.360. The average Bonchev–Trinajstić information content (AvgIpc) is 3.32. The van der Waals surface area contributed by atoms with Crippen LogP contribution in [0.1, 0.15) is 39.0 Å². The predicted molar refractivity (Wildman–Crippen MR) is 129 cm³/mol. The molecule has 172 valence electrons. The summed E-state index contributed by atoms with van der Waals surface area (Å²) in [5.74, 6) is 1.37. The van der Waals surface area contributed by atoms with Crippen LogP contribution in [0.15, 0.2) is 53.2 Å². The van der Waals surface area contributed by atoms with E-state index >= 15 is 0 Å². The molecule has 3 heterocycles. The van der Waals surface area contributed by atoms with E-state index in [0.717, 1.165) is 30.6 Å². The van der Waals surface area contributed by atoms with Gasteiger partial charge in [-0.1, -0.05) is 12.1 Å². The number of ether oxygens (including phenoxy) is 2. The fourth-order valence-corrected chi connectivity index (χ4v) is 5.88. The minimum absolute atomic E-state index is 0.0251. The monoisotopic (exact) mass is 482 g/mol. The zero-order valence-electron chi connectivity index (χ0n) is 18.4. The van der Waals surface area contributed by atoms with Crippen molar-refractivity contribution in [3.8, 4) is 11.5 Å². The SMILES string of the molecule is COc1cccc(OC[C@@H]2c3ccsc3CCN2C(=O)CN(C(=O)c2cccs2)C2CC2)c1. The van der Waals surface area contributed by atoms with E-state index in [0.29, 0.717) is 23.8 Å². The third kappa shape index (κ3) is 4.77. The third-order valence-corrected chi connectivity index (χ3v) is 8.00. The van der Waals surface area contributed by atoms with E-state index in [1.807, 2.05) is 46.7 Å². The minimum atomic E-state index is -0.184. The predicted octanol–water partition coefficient (Wildman–Crippen LogP) is 4.63. The molecule has 2 aromatic heterocycles. The molecular weight excluding hydrogens is 456 g/mol. The Morgan fingerprint density at radius 2 is 1.94 bits per heavy atom. The summed E-state index contributed by atoms with van der Waals surface area (Å²) in [6.07, 6.45) is 2.75. The molecule has 1 aromatic carbocycles.